The first-order valence-electron chi connectivity index (χ1n) is 6.80. The minimum Gasteiger partial charge on any atom is -0.381 e. The Morgan fingerprint density at radius 2 is 2.42 bits per heavy atom. The zero-order valence-electron chi connectivity index (χ0n) is 11.3. The molecule has 3 rings (SSSR count). The second-order valence-electron chi connectivity index (χ2n) is 4.96. The molecule has 1 N–H and O–H groups in total. The maximum absolute atomic E-state index is 5.42. The summed E-state index contributed by atoms with van der Waals surface area (Å²) in [4.78, 5) is 0.889. The van der Waals surface area contributed by atoms with Crippen molar-refractivity contribution < 1.29 is 4.74 Å². The summed E-state index contributed by atoms with van der Waals surface area (Å²) < 4.78 is 7.33. The van der Waals surface area contributed by atoms with E-state index in [0.29, 0.717) is 11.8 Å². The van der Waals surface area contributed by atoms with Crippen LogP contribution < -0.4 is 5.32 Å². The van der Waals surface area contributed by atoms with E-state index in [0.717, 1.165) is 48.5 Å². The SMILES string of the molecule is CCNCC(C)c1nn2c(C3CCOC3)nnc2s1. The Balaban J connectivity index is 1.84. The molecule has 0 aromatic carbocycles. The highest BCUT2D eigenvalue weighted by Crippen LogP contribution is 2.27. The van der Waals surface area contributed by atoms with Gasteiger partial charge in [-0.2, -0.15) is 9.61 Å². The maximum atomic E-state index is 5.42. The number of nitrogens with one attached hydrogen (secondary N) is 1. The lowest BCUT2D eigenvalue weighted by Gasteiger charge is -2.07. The molecular weight excluding hydrogens is 262 g/mol. The number of fused-ring (bicyclic) bond motifs is 1. The highest BCUT2D eigenvalue weighted by Gasteiger charge is 2.25. The molecule has 7 heteroatoms. The number of aromatic nitrogens is 4. The molecule has 2 aromatic heterocycles. The molecule has 0 spiro atoms. The van der Waals surface area contributed by atoms with Gasteiger partial charge in [-0.25, -0.2) is 0 Å². The average Bonchev–Trinajstić information content (AvgIpc) is 3.09. The normalized spacial score (nSPS) is 21.3. The molecule has 0 bridgehead atoms. The van der Waals surface area contributed by atoms with E-state index >= 15 is 0 Å². The third-order valence-electron chi connectivity index (χ3n) is 3.45. The Hall–Kier alpha value is -1.05. The van der Waals surface area contributed by atoms with Gasteiger partial charge in [0.1, 0.15) is 5.01 Å². The molecule has 0 radical (unpaired) electrons. The third kappa shape index (κ3) is 2.50. The maximum Gasteiger partial charge on any atom is 0.234 e. The van der Waals surface area contributed by atoms with E-state index in [9.17, 15) is 0 Å². The predicted molar refractivity (Wildman–Crippen MR) is 73.8 cm³/mol. The molecule has 0 aliphatic carbocycles. The van der Waals surface area contributed by atoms with Crippen LogP contribution in [0.25, 0.3) is 4.96 Å². The van der Waals surface area contributed by atoms with Crippen LogP contribution >= 0.6 is 11.3 Å². The van der Waals surface area contributed by atoms with Crippen molar-refractivity contribution in [2.24, 2.45) is 0 Å². The van der Waals surface area contributed by atoms with Gasteiger partial charge in [0.15, 0.2) is 5.82 Å². The Bertz CT molecular complexity index is 545. The lowest BCUT2D eigenvalue weighted by Crippen LogP contribution is -2.19. The van der Waals surface area contributed by atoms with Crippen molar-refractivity contribution in [2.45, 2.75) is 32.1 Å². The van der Waals surface area contributed by atoms with Crippen LogP contribution in [-0.4, -0.2) is 46.1 Å². The van der Waals surface area contributed by atoms with E-state index in [1.165, 1.54) is 0 Å². The molecule has 1 aliphatic rings. The summed E-state index contributed by atoms with van der Waals surface area (Å²) in [5.74, 6) is 1.69. The largest absolute Gasteiger partial charge is 0.381 e. The molecule has 19 heavy (non-hydrogen) atoms. The molecule has 2 aromatic rings. The van der Waals surface area contributed by atoms with Gasteiger partial charge in [-0.15, -0.1) is 10.2 Å². The molecule has 104 valence electrons. The van der Waals surface area contributed by atoms with Gasteiger partial charge in [0.2, 0.25) is 4.96 Å². The van der Waals surface area contributed by atoms with Crippen LogP contribution in [-0.2, 0) is 4.74 Å². The highest BCUT2D eigenvalue weighted by molar-refractivity contribution is 7.16. The molecule has 1 fully saturated rings. The van der Waals surface area contributed by atoms with E-state index in [1.807, 2.05) is 4.52 Å². The van der Waals surface area contributed by atoms with Gasteiger partial charge in [-0.05, 0) is 13.0 Å². The lowest BCUT2D eigenvalue weighted by atomic mass is 10.1. The first-order valence-corrected chi connectivity index (χ1v) is 7.61. The summed E-state index contributed by atoms with van der Waals surface area (Å²) in [6.07, 6.45) is 1.01. The standard InChI is InChI=1S/C12H19N5OS/c1-3-13-6-8(2)11-16-17-10(9-4-5-18-7-9)14-15-12(17)19-11/h8-9,13H,3-7H2,1-2H3. The van der Waals surface area contributed by atoms with Crippen molar-refractivity contribution >= 4 is 16.3 Å². The first-order chi connectivity index (χ1) is 9.29. The number of likely N-dealkylation sites (N-methyl/N-ethyl adjacent to an activating group) is 1. The van der Waals surface area contributed by atoms with Crippen LogP contribution in [0, 0.1) is 0 Å². The van der Waals surface area contributed by atoms with Crippen molar-refractivity contribution in [1.29, 1.82) is 0 Å². The zero-order valence-corrected chi connectivity index (χ0v) is 12.1. The monoisotopic (exact) mass is 281 g/mol. The quantitative estimate of drug-likeness (QED) is 0.897. The van der Waals surface area contributed by atoms with Crippen LogP contribution in [0.3, 0.4) is 0 Å². The zero-order chi connectivity index (χ0) is 13.2. The third-order valence-corrected chi connectivity index (χ3v) is 4.58. The molecule has 1 aliphatic heterocycles. The van der Waals surface area contributed by atoms with Crippen molar-refractivity contribution in [1.82, 2.24) is 25.1 Å². The van der Waals surface area contributed by atoms with Gasteiger partial charge in [0.25, 0.3) is 0 Å². The van der Waals surface area contributed by atoms with E-state index < -0.39 is 0 Å². The molecule has 2 unspecified atom stereocenters. The summed E-state index contributed by atoms with van der Waals surface area (Å²) in [5.41, 5.74) is 0. The van der Waals surface area contributed by atoms with Crippen molar-refractivity contribution in [3.05, 3.63) is 10.8 Å². The van der Waals surface area contributed by atoms with Gasteiger partial charge < -0.3 is 10.1 Å². The van der Waals surface area contributed by atoms with Crippen LogP contribution in [0.4, 0.5) is 0 Å². The predicted octanol–water partition coefficient (Wildman–Crippen LogP) is 1.40. The number of hydrogen-bond donors (Lipinski definition) is 1. The lowest BCUT2D eigenvalue weighted by molar-refractivity contribution is 0.193. The van der Waals surface area contributed by atoms with E-state index in [4.69, 9.17) is 4.74 Å². The van der Waals surface area contributed by atoms with Gasteiger partial charge in [0, 0.05) is 25.0 Å². The Morgan fingerprint density at radius 1 is 1.53 bits per heavy atom. The van der Waals surface area contributed by atoms with E-state index in [2.05, 4.69) is 34.5 Å². The van der Waals surface area contributed by atoms with Crippen LogP contribution in [0.15, 0.2) is 0 Å². The highest BCUT2D eigenvalue weighted by atomic mass is 32.1. The topological polar surface area (TPSA) is 64.3 Å². The number of rotatable bonds is 5. The van der Waals surface area contributed by atoms with E-state index in [1.54, 1.807) is 11.3 Å². The molecule has 0 saturated carbocycles. The van der Waals surface area contributed by atoms with Crippen molar-refractivity contribution in [3.63, 3.8) is 0 Å². The number of ether oxygens (including phenoxy) is 1. The molecule has 1 saturated heterocycles. The number of nitrogens with zero attached hydrogens (tertiary/aromatic N) is 4. The Kier molecular flexibility index (Phi) is 3.76. The van der Waals surface area contributed by atoms with Gasteiger partial charge in [-0.3, -0.25) is 0 Å². The van der Waals surface area contributed by atoms with Crippen molar-refractivity contribution in [2.75, 3.05) is 26.3 Å². The first kappa shape index (κ1) is 13.0. The fourth-order valence-electron chi connectivity index (χ4n) is 2.29. The molecular formula is C12H19N5OS. The summed E-state index contributed by atoms with van der Waals surface area (Å²) >= 11 is 1.63. The number of hydrogen-bond acceptors (Lipinski definition) is 6. The van der Waals surface area contributed by atoms with Crippen LogP contribution in [0.2, 0.25) is 0 Å². The summed E-state index contributed by atoms with van der Waals surface area (Å²) in [7, 11) is 0. The molecule has 6 nitrogen and oxygen atoms in total. The minimum atomic E-state index is 0.342. The van der Waals surface area contributed by atoms with Gasteiger partial charge >= 0.3 is 0 Å². The second-order valence-corrected chi connectivity index (χ2v) is 5.95. The average molecular weight is 281 g/mol. The molecule has 2 atom stereocenters. The van der Waals surface area contributed by atoms with Crippen LogP contribution in [0.5, 0.6) is 0 Å². The molecule has 3 heterocycles. The van der Waals surface area contributed by atoms with Gasteiger partial charge in [-0.1, -0.05) is 25.2 Å². The van der Waals surface area contributed by atoms with Crippen molar-refractivity contribution in [3.8, 4) is 0 Å². The van der Waals surface area contributed by atoms with Crippen LogP contribution in [0.1, 0.15) is 42.9 Å². The smallest absolute Gasteiger partial charge is 0.234 e. The fourth-order valence-corrected chi connectivity index (χ4v) is 3.18. The minimum absolute atomic E-state index is 0.342. The summed E-state index contributed by atoms with van der Waals surface area (Å²) in [6, 6.07) is 0. The summed E-state index contributed by atoms with van der Waals surface area (Å²) in [6.45, 7) is 7.78. The van der Waals surface area contributed by atoms with Gasteiger partial charge in [0.05, 0.1) is 6.61 Å². The second kappa shape index (κ2) is 5.52. The fraction of sp³-hybridized carbons (Fsp3) is 0.750. The van der Waals surface area contributed by atoms with E-state index in [-0.39, 0.29) is 0 Å². The Labute approximate surface area is 116 Å². The molecule has 0 amide bonds. The Morgan fingerprint density at radius 3 is 3.16 bits per heavy atom. The summed E-state index contributed by atoms with van der Waals surface area (Å²) in [5, 5.41) is 17.7.